The maximum absolute atomic E-state index is 12.1. The lowest BCUT2D eigenvalue weighted by atomic mass is 10.1. The van der Waals surface area contributed by atoms with Crippen molar-refractivity contribution in [2.24, 2.45) is 0 Å². The van der Waals surface area contributed by atoms with Crippen molar-refractivity contribution in [3.8, 4) is 5.75 Å². The van der Waals surface area contributed by atoms with Crippen LogP contribution in [0.15, 0.2) is 18.2 Å². The number of carbonyl (C=O) groups is 3. The van der Waals surface area contributed by atoms with Gasteiger partial charge in [-0.15, -0.1) is 0 Å². The fourth-order valence-electron chi connectivity index (χ4n) is 2.01. The predicted molar refractivity (Wildman–Crippen MR) is 110 cm³/mol. The highest BCUT2D eigenvalue weighted by atomic mass is 32.1. The minimum absolute atomic E-state index is 0.0919. The molecule has 29 heavy (non-hydrogen) atoms. The summed E-state index contributed by atoms with van der Waals surface area (Å²) < 4.78 is 15.2. The summed E-state index contributed by atoms with van der Waals surface area (Å²) >= 11 is 4.93. The second-order valence-corrected chi connectivity index (χ2v) is 6.62. The number of amides is 2. The Morgan fingerprint density at radius 2 is 1.79 bits per heavy atom. The number of benzene rings is 1. The van der Waals surface area contributed by atoms with Gasteiger partial charge in [0.1, 0.15) is 12.4 Å². The molecule has 1 atom stereocenters. The number of nitrogens with one attached hydrogen (secondary N) is 3. The maximum Gasteiger partial charge on any atom is 0.306 e. The number of carbonyl (C=O) groups excluding carboxylic acids is 3. The Labute approximate surface area is 175 Å². The number of rotatable bonds is 9. The van der Waals surface area contributed by atoms with Gasteiger partial charge in [0.2, 0.25) is 5.91 Å². The first kappa shape index (κ1) is 24.3. The van der Waals surface area contributed by atoms with Crippen LogP contribution in [-0.4, -0.2) is 49.3 Å². The number of thiocarbonyl (C=S) groups is 1. The summed E-state index contributed by atoms with van der Waals surface area (Å²) in [5.74, 6) is -0.896. The van der Waals surface area contributed by atoms with E-state index in [0.717, 1.165) is 11.1 Å². The number of esters is 1. The third kappa shape index (κ3) is 9.86. The van der Waals surface area contributed by atoms with Gasteiger partial charge in [0, 0.05) is 13.5 Å². The molecule has 9 nitrogen and oxygen atoms in total. The first-order valence-corrected chi connectivity index (χ1v) is 9.42. The van der Waals surface area contributed by atoms with Crippen molar-refractivity contribution in [3.05, 3.63) is 29.3 Å². The van der Waals surface area contributed by atoms with Crippen molar-refractivity contribution < 1.29 is 28.6 Å². The zero-order valence-corrected chi connectivity index (χ0v) is 17.8. The second kappa shape index (κ2) is 12.7. The molecule has 0 aromatic heterocycles. The van der Waals surface area contributed by atoms with E-state index in [1.807, 2.05) is 26.0 Å². The topological polar surface area (TPSA) is 115 Å². The molecule has 1 aromatic rings. The first-order chi connectivity index (χ1) is 13.7. The summed E-state index contributed by atoms with van der Waals surface area (Å²) in [5.41, 5.74) is 6.96. The summed E-state index contributed by atoms with van der Waals surface area (Å²) in [5, 5.41) is 2.25. The van der Waals surface area contributed by atoms with E-state index >= 15 is 0 Å². The van der Waals surface area contributed by atoms with Gasteiger partial charge >= 0.3 is 5.97 Å². The molecule has 2 amide bonds. The third-order valence-electron chi connectivity index (χ3n) is 3.82. The second-order valence-electron chi connectivity index (χ2n) is 6.21. The van der Waals surface area contributed by atoms with Gasteiger partial charge in [-0.2, -0.15) is 0 Å². The Kier molecular flexibility index (Phi) is 10.6. The van der Waals surface area contributed by atoms with E-state index in [1.165, 1.54) is 7.11 Å². The van der Waals surface area contributed by atoms with Crippen molar-refractivity contribution in [1.82, 2.24) is 16.2 Å². The van der Waals surface area contributed by atoms with Crippen molar-refractivity contribution in [3.63, 3.8) is 0 Å². The summed E-state index contributed by atoms with van der Waals surface area (Å²) in [4.78, 5) is 35.3. The molecule has 1 aromatic carbocycles. The predicted octanol–water partition coefficient (Wildman–Crippen LogP) is 1.06. The highest BCUT2D eigenvalue weighted by Crippen LogP contribution is 2.17. The molecule has 0 fully saturated rings. The van der Waals surface area contributed by atoms with Crippen LogP contribution in [0.1, 0.15) is 30.9 Å². The Hall–Kier alpha value is -2.72. The molecule has 0 bridgehead atoms. The Balaban J connectivity index is 2.30. The molecule has 10 heteroatoms. The Bertz CT molecular complexity index is 741. The molecule has 3 N–H and O–H groups in total. The van der Waals surface area contributed by atoms with Crippen LogP contribution in [0.4, 0.5) is 0 Å². The van der Waals surface area contributed by atoms with Gasteiger partial charge in [-0.05, 0) is 56.2 Å². The molecule has 0 aliphatic carbocycles. The zero-order valence-electron chi connectivity index (χ0n) is 17.0. The molecule has 0 saturated heterocycles. The lowest BCUT2D eigenvalue weighted by Crippen LogP contribution is -2.51. The van der Waals surface area contributed by atoms with Gasteiger partial charge in [-0.25, -0.2) is 0 Å². The van der Waals surface area contributed by atoms with E-state index in [1.54, 1.807) is 13.0 Å². The van der Waals surface area contributed by atoms with Gasteiger partial charge in [-0.1, -0.05) is 6.07 Å². The van der Waals surface area contributed by atoms with Gasteiger partial charge in [0.05, 0.1) is 13.0 Å². The van der Waals surface area contributed by atoms with Crippen LogP contribution < -0.4 is 20.9 Å². The maximum atomic E-state index is 12.1. The molecule has 1 rings (SSSR count). The normalized spacial score (nSPS) is 11.2. The number of aryl methyl sites for hydroxylation is 2. The smallest absolute Gasteiger partial charge is 0.306 e. The minimum atomic E-state index is -0.787. The van der Waals surface area contributed by atoms with Crippen LogP contribution in [0.2, 0.25) is 0 Å². The van der Waals surface area contributed by atoms with Crippen LogP contribution >= 0.6 is 12.2 Å². The molecule has 0 heterocycles. The molecule has 160 valence electrons. The van der Waals surface area contributed by atoms with Gasteiger partial charge in [0.25, 0.3) is 5.91 Å². The van der Waals surface area contributed by atoms with Crippen molar-refractivity contribution in [1.29, 1.82) is 0 Å². The third-order valence-corrected chi connectivity index (χ3v) is 4.02. The minimum Gasteiger partial charge on any atom is -0.481 e. The highest BCUT2D eigenvalue weighted by molar-refractivity contribution is 7.80. The van der Waals surface area contributed by atoms with E-state index in [-0.39, 0.29) is 31.2 Å². The average molecular weight is 426 g/mol. The molecular weight excluding hydrogens is 398 g/mol. The van der Waals surface area contributed by atoms with E-state index in [2.05, 4.69) is 16.2 Å². The highest BCUT2D eigenvalue weighted by Gasteiger charge is 2.16. The van der Waals surface area contributed by atoms with Crippen molar-refractivity contribution in [2.45, 2.75) is 39.7 Å². The number of hydrazine groups is 1. The fourth-order valence-corrected chi connectivity index (χ4v) is 2.18. The molecule has 0 spiro atoms. The van der Waals surface area contributed by atoms with Crippen molar-refractivity contribution in [2.75, 3.05) is 20.3 Å². The number of methoxy groups -OCH3 is 1. The zero-order chi connectivity index (χ0) is 21.8. The van der Waals surface area contributed by atoms with E-state index < -0.39 is 23.9 Å². The Morgan fingerprint density at radius 1 is 1.07 bits per heavy atom. The standard InChI is InChI=1S/C19H27N3O6S/c1-12-5-6-15(11-13(12)2)28-14(3)18(25)21-22-19(29)20-16(23)7-8-17(24)27-10-9-26-4/h5-6,11,14H,7-10H2,1-4H3,(H,21,25)(H2,20,22,23,29). The summed E-state index contributed by atoms with van der Waals surface area (Å²) in [7, 11) is 1.49. The fraction of sp³-hybridized carbons (Fsp3) is 0.474. The van der Waals surface area contributed by atoms with Crippen LogP contribution in [0.25, 0.3) is 0 Å². The quantitative estimate of drug-likeness (QED) is 0.233. The number of hydrogen-bond acceptors (Lipinski definition) is 7. The van der Waals surface area contributed by atoms with E-state index in [0.29, 0.717) is 5.75 Å². The molecule has 0 radical (unpaired) electrons. The molecule has 0 aliphatic heterocycles. The van der Waals surface area contributed by atoms with Gasteiger partial charge in [0.15, 0.2) is 11.2 Å². The SMILES string of the molecule is COCCOC(=O)CCC(=O)NC(=S)NNC(=O)C(C)Oc1ccc(C)c(C)c1. The largest absolute Gasteiger partial charge is 0.481 e. The van der Waals surface area contributed by atoms with Crippen LogP contribution in [0.5, 0.6) is 5.75 Å². The molecule has 0 aliphatic rings. The molecule has 0 saturated carbocycles. The van der Waals surface area contributed by atoms with Crippen molar-refractivity contribution >= 4 is 35.1 Å². The first-order valence-electron chi connectivity index (χ1n) is 9.01. The lowest BCUT2D eigenvalue weighted by Gasteiger charge is -2.16. The van der Waals surface area contributed by atoms with E-state index in [4.69, 9.17) is 26.4 Å². The van der Waals surface area contributed by atoms with Gasteiger partial charge in [-0.3, -0.25) is 25.2 Å². The van der Waals surface area contributed by atoms with Gasteiger partial charge < -0.3 is 19.5 Å². The molecule has 1 unspecified atom stereocenters. The molecular formula is C19H27N3O6S. The summed E-state index contributed by atoms with van der Waals surface area (Å²) in [6.07, 6.45) is -0.982. The van der Waals surface area contributed by atoms with E-state index in [9.17, 15) is 14.4 Å². The lowest BCUT2D eigenvalue weighted by molar-refractivity contribution is -0.146. The summed E-state index contributed by atoms with van der Waals surface area (Å²) in [6, 6.07) is 5.54. The Morgan fingerprint density at radius 3 is 2.45 bits per heavy atom. The average Bonchev–Trinajstić information content (AvgIpc) is 2.67. The number of ether oxygens (including phenoxy) is 3. The van der Waals surface area contributed by atoms with Crippen LogP contribution in [-0.2, 0) is 23.9 Å². The summed E-state index contributed by atoms with van der Waals surface area (Å²) in [6.45, 7) is 5.94. The number of hydrogen-bond donors (Lipinski definition) is 3. The monoisotopic (exact) mass is 425 g/mol. The van der Waals surface area contributed by atoms with Crippen LogP contribution in [0, 0.1) is 13.8 Å². The van der Waals surface area contributed by atoms with Crippen LogP contribution in [0.3, 0.4) is 0 Å².